The van der Waals surface area contributed by atoms with Crippen LogP contribution in [-0.4, -0.2) is 54.5 Å². The van der Waals surface area contributed by atoms with Gasteiger partial charge in [-0.2, -0.15) is 10.2 Å². The molecule has 3 heterocycles. The molecule has 5 rings (SSSR count). The highest BCUT2D eigenvalue weighted by Gasteiger charge is 2.37. The van der Waals surface area contributed by atoms with E-state index in [0.717, 1.165) is 13.1 Å². The van der Waals surface area contributed by atoms with Gasteiger partial charge in [-0.05, 0) is 43.9 Å². The van der Waals surface area contributed by atoms with E-state index in [4.69, 9.17) is 0 Å². The van der Waals surface area contributed by atoms with Crippen molar-refractivity contribution >= 4 is 11.9 Å². The number of rotatable bonds is 6. The first kappa shape index (κ1) is 15.6. The Balaban J connectivity index is 1.53. The number of aromatic nitrogens is 4. The summed E-state index contributed by atoms with van der Waals surface area (Å²) in [5.74, 6) is 0.0681. The molecule has 8 nitrogen and oxygen atoms in total. The van der Waals surface area contributed by atoms with Crippen molar-refractivity contribution in [2.24, 2.45) is 11.8 Å². The van der Waals surface area contributed by atoms with E-state index in [0.29, 0.717) is 41.7 Å². The lowest BCUT2D eigenvalue weighted by Crippen LogP contribution is -2.40. The number of amides is 1. The molecule has 136 valence electrons. The molecule has 26 heavy (non-hydrogen) atoms. The van der Waals surface area contributed by atoms with Crippen LogP contribution in [0.2, 0.25) is 0 Å². The van der Waals surface area contributed by atoms with Gasteiger partial charge in [-0.25, -0.2) is 9.48 Å². The van der Waals surface area contributed by atoms with E-state index >= 15 is 0 Å². The summed E-state index contributed by atoms with van der Waals surface area (Å²) in [7, 11) is 0. The molecular formula is C18H21N5O3. The maximum Gasteiger partial charge on any atom is 0.356 e. The number of carbonyl (C=O) groups is 2. The van der Waals surface area contributed by atoms with Gasteiger partial charge in [0.2, 0.25) is 0 Å². The topological polar surface area (TPSA) is 93.2 Å². The highest BCUT2D eigenvalue weighted by Crippen LogP contribution is 2.33. The Bertz CT molecular complexity index is 891. The zero-order valence-corrected chi connectivity index (χ0v) is 14.5. The molecule has 0 spiro atoms. The van der Waals surface area contributed by atoms with E-state index in [1.54, 1.807) is 6.20 Å². The number of carboxylic acid groups (broad SMARTS) is 1. The molecule has 0 bridgehead atoms. The molecule has 0 saturated heterocycles. The molecule has 1 amide bonds. The number of carbonyl (C=O) groups excluding carboxylic acids is 1. The van der Waals surface area contributed by atoms with Crippen molar-refractivity contribution in [3.8, 4) is 5.69 Å². The van der Waals surface area contributed by atoms with Gasteiger partial charge in [-0.1, -0.05) is 0 Å². The summed E-state index contributed by atoms with van der Waals surface area (Å²) in [6, 6.07) is 0. The second kappa shape index (κ2) is 5.69. The third kappa shape index (κ3) is 2.69. The summed E-state index contributed by atoms with van der Waals surface area (Å²) in [6.07, 6.45) is 8.84. The monoisotopic (exact) mass is 355 g/mol. The van der Waals surface area contributed by atoms with Crippen LogP contribution in [0.25, 0.3) is 5.69 Å². The van der Waals surface area contributed by atoms with E-state index < -0.39 is 5.97 Å². The summed E-state index contributed by atoms with van der Waals surface area (Å²) in [5.41, 5.74) is 1.56. The Morgan fingerprint density at radius 1 is 1.19 bits per heavy atom. The number of fused-ring (bicyclic) bond motifs is 1. The summed E-state index contributed by atoms with van der Waals surface area (Å²) < 4.78 is 3.34. The van der Waals surface area contributed by atoms with Crippen LogP contribution in [-0.2, 0) is 13.0 Å². The van der Waals surface area contributed by atoms with Gasteiger partial charge in [0.05, 0.1) is 12.4 Å². The molecule has 0 radical (unpaired) electrons. The largest absolute Gasteiger partial charge is 0.476 e. The quantitative estimate of drug-likeness (QED) is 0.849. The van der Waals surface area contributed by atoms with Gasteiger partial charge in [-0.15, -0.1) is 0 Å². The normalized spacial score (nSPS) is 19.7. The van der Waals surface area contributed by atoms with Gasteiger partial charge in [0.1, 0.15) is 11.4 Å². The minimum absolute atomic E-state index is 0.0191. The Hall–Kier alpha value is -2.64. The fourth-order valence-corrected chi connectivity index (χ4v) is 3.68. The molecule has 0 atom stereocenters. The molecule has 0 aromatic carbocycles. The minimum atomic E-state index is -1.09. The Morgan fingerprint density at radius 2 is 1.92 bits per heavy atom. The number of hydrogen-bond donors (Lipinski definition) is 1. The van der Waals surface area contributed by atoms with Crippen molar-refractivity contribution in [1.29, 1.82) is 0 Å². The van der Waals surface area contributed by atoms with Crippen LogP contribution in [0.3, 0.4) is 0 Å². The van der Waals surface area contributed by atoms with Crippen LogP contribution < -0.4 is 0 Å². The lowest BCUT2D eigenvalue weighted by molar-refractivity contribution is 0.0688. The van der Waals surface area contributed by atoms with E-state index in [1.807, 2.05) is 15.8 Å². The van der Waals surface area contributed by atoms with Crippen LogP contribution in [0, 0.1) is 11.8 Å². The van der Waals surface area contributed by atoms with Crippen LogP contribution in [0.5, 0.6) is 0 Å². The van der Waals surface area contributed by atoms with Gasteiger partial charge in [0, 0.05) is 25.2 Å². The first-order valence-corrected chi connectivity index (χ1v) is 9.27. The Kier molecular flexibility index (Phi) is 3.41. The number of carboxylic acids is 1. The molecule has 2 aromatic heterocycles. The van der Waals surface area contributed by atoms with E-state index in [9.17, 15) is 14.7 Å². The molecule has 2 aromatic rings. The van der Waals surface area contributed by atoms with Crippen molar-refractivity contribution in [3.63, 3.8) is 0 Å². The molecule has 8 heteroatoms. The molecule has 0 unspecified atom stereocenters. The van der Waals surface area contributed by atoms with Gasteiger partial charge in [0.15, 0.2) is 5.69 Å². The highest BCUT2D eigenvalue weighted by atomic mass is 16.4. The Labute approximate surface area is 150 Å². The standard InChI is InChI=1S/C18H21N5O3/c24-17-16-14(5-6-21(17)8-11-1-2-11)15(18(25)26)20-23(16)13-7-19-22(10-13)9-12-3-4-12/h7,10-12H,1-6,8-9H2,(H,25,26). The summed E-state index contributed by atoms with van der Waals surface area (Å²) >= 11 is 0. The van der Waals surface area contributed by atoms with Gasteiger partial charge in [0.25, 0.3) is 5.91 Å². The maximum atomic E-state index is 13.0. The van der Waals surface area contributed by atoms with Crippen molar-refractivity contribution < 1.29 is 14.7 Å². The first-order valence-electron chi connectivity index (χ1n) is 9.27. The molecule has 2 saturated carbocycles. The lowest BCUT2D eigenvalue weighted by Gasteiger charge is -2.27. The van der Waals surface area contributed by atoms with Gasteiger partial charge >= 0.3 is 5.97 Å². The van der Waals surface area contributed by atoms with Gasteiger partial charge in [-0.3, -0.25) is 9.48 Å². The first-order chi connectivity index (χ1) is 12.6. The minimum Gasteiger partial charge on any atom is -0.476 e. The smallest absolute Gasteiger partial charge is 0.356 e. The molecule has 2 aliphatic carbocycles. The average Bonchev–Trinajstić information content (AvgIpc) is 3.51. The third-order valence-electron chi connectivity index (χ3n) is 5.49. The number of hydrogen-bond acceptors (Lipinski definition) is 4. The average molecular weight is 355 g/mol. The van der Waals surface area contributed by atoms with Crippen LogP contribution >= 0.6 is 0 Å². The fourth-order valence-electron chi connectivity index (χ4n) is 3.68. The molecule has 2 fully saturated rings. The summed E-state index contributed by atoms with van der Waals surface area (Å²) in [4.78, 5) is 26.5. The van der Waals surface area contributed by atoms with E-state index in [2.05, 4.69) is 10.2 Å². The van der Waals surface area contributed by atoms with E-state index in [-0.39, 0.29) is 11.6 Å². The summed E-state index contributed by atoms with van der Waals surface area (Å²) in [5, 5.41) is 18.1. The molecule has 3 aliphatic rings. The fraction of sp³-hybridized carbons (Fsp3) is 0.556. The van der Waals surface area contributed by atoms with Gasteiger partial charge < -0.3 is 10.0 Å². The number of aromatic carboxylic acids is 1. The van der Waals surface area contributed by atoms with Crippen LogP contribution in [0.4, 0.5) is 0 Å². The van der Waals surface area contributed by atoms with Crippen molar-refractivity contribution in [2.75, 3.05) is 13.1 Å². The van der Waals surface area contributed by atoms with Crippen molar-refractivity contribution in [2.45, 2.75) is 38.6 Å². The third-order valence-corrected chi connectivity index (χ3v) is 5.49. The zero-order valence-electron chi connectivity index (χ0n) is 14.5. The van der Waals surface area contributed by atoms with Crippen molar-refractivity contribution in [1.82, 2.24) is 24.5 Å². The predicted octanol–water partition coefficient (Wildman–Crippen LogP) is 1.59. The summed E-state index contributed by atoms with van der Waals surface area (Å²) in [6.45, 7) is 2.18. The van der Waals surface area contributed by atoms with E-state index in [1.165, 1.54) is 30.4 Å². The molecule has 1 N–H and O–H groups in total. The Morgan fingerprint density at radius 3 is 2.62 bits per heavy atom. The molecule has 1 aliphatic heterocycles. The predicted molar refractivity (Wildman–Crippen MR) is 91.4 cm³/mol. The lowest BCUT2D eigenvalue weighted by atomic mass is 10.0. The SMILES string of the molecule is O=C(O)c1nn(-c2cnn(CC3CC3)c2)c2c1CCN(CC1CC1)C2=O. The highest BCUT2D eigenvalue weighted by molar-refractivity contribution is 5.99. The van der Waals surface area contributed by atoms with Crippen molar-refractivity contribution in [3.05, 3.63) is 29.3 Å². The zero-order chi connectivity index (χ0) is 17.8. The molecular weight excluding hydrogens is 334 g/mol. The van der Waals surface area contributed by atoms with Crippen LogP contribution in [0.1, 0.15) is 52.2 Å². The maximum absolute atomic E-state index is 13.0. The second-order valence-electron chi connectivity index (χ2n) is 7.70. The van der Waals surface area contributed by atoms with Crippen LogP contribution in [0.15, 0.2) is 12.4 Å². The number of nitrogens with zero attached hydrogens (tertiary/aromatic N) is 5. The second-order valence-corrected chi connectivity index (χ2v) is 7.70.